The van der Waals surface area contributed by atoms with E-state index in [1.165, 1.54) is 24.4 Å². The highest BCUT2D eigenvalue weighted by Crippen LogP contribution is 2.32. The topological polar surface area (TPSA) is 128 Å². The second kappa shape index (κ2) is 5.49. The van der Waals surface area contributed by atoms with Gasteiger partial charge >= 0.3 is 0 Å². The van der Waals surface area contributed by atoms with Gasteiger partial charge in [-0.05, 0) is 12.1 Å². The number of nitrogens with zero attached hydrogens (tertiary/aromatic N) is 3. The van der Waals surface area contributed by atoms with E-state index in [2.05, 4.69) is 10.2 Å². The Morgan fingerprint density at radius 3 is 2.80 bits per heavy atom. The zero-order valence-electron chi connectivity index (χ0n) is 9.91. The highest BCUT2D eigenvalue weighted by Gasteiger charge is 2.14. The molecular formula is C11H8ClN5O3. The fourth-order valence-electron chi connectivity index (χ4n) is 1.39. The van der Waals surface area contributed by atoms with Crippen LogP contribution in [-0.4, -0.2) is 21.0 Å². The molecule has 0 aliphatic heterocycles. The van der Waals surface area contributed by atoms with Gasteiger partial charge in [0.2, 0.25) is 5.88 Å². The van der Waals surface area contributed by atoms with Gasteiger partial charge < -0.3 is 10.5 Å². The smallest absolute Gasteiger partial charge is 0.271 e. The van der Waals surface area contributed by atoms with Crippen LogP contribution in [0.3, 0.4) is 0 Å². The molecule has 0 radical (unpaired) electrons. The predicted octanol–water partition coefficient (Wildman–Crippen LogP) is 2.11. The number of nitrogens with two attached hydrogens (primary N) is 1. The number of benzene rings is 1. The van der Waals surface area contributed by atoms with Crippen LogP contribution >= 0.6 is 11.6 Å². The molecule has 0 saturated heterocycles. The summed E-state index contributed by atoms with van der Waals surface area (Å²) in [5, 5.41) is 25.4. The summed E-state index contributed by atoms with van der Waals surface area (Å²) in [5.41, 5.74) is 5.47. The molecule has 0 unspecified atom stereocenters. The molecule has 9 heteroatoms. The van der Waals surface area contributed by atoms with Crippen molar-refractivity contribution < 1.29 is 9.66 Å². The summed E-state index contributed by atoms with van der Waals surface area (Å²) in [6.45, 7) is 0. The summed E-state index contributed by atoms with van der Waals surface area (Å²) < 4.78 is 5.39. The number of ether oxygens (including phenoxy) is 1. The standard InChI is InChI=1S/C11H8ClN5O3/c12-8-5-6(17(18)19)1-2-9(8)20-11-7(10(13)14)3-4-15-16-11/h1-5H,(H3,13,14). The van der Waals surface area contributed by atoms with Crippen molar-refractivity contribution in [2.45, 2.75) is 0 Å². The van der Waals surface area contributed by atoms with Crippen molar-refractivity contribution in [3.8, 4) is 11.6 Å². The van der Waals surface area contributed by atoms with Gasteiger partial charge in [0.15, 0.2) is 0 Å². The van der Waals surface area contributed by atoms with Crippen LogP contribution in [0.1, 0.15) is 5.56 Å². The molecule has 2 aromatic rings. The molecule has 1 aromatic carbocycles. The largest absolute Gasteiger partial charge is 0.435 e. The van der Waals surface area contributed by atoms with E-state index < -0.39 is 4.92 Å². The molecule has 1 aromatic heterocycles. The third-order valence-electron chi connectivity index (χ3n) is 2.31. The number of nitro benzene ring substituents is 1. The number of amidine groups is 1. The number of halogens is 1. The maximum Gasteiger partial charge on any atom is 0.271 e. The molecule has 20 heavy (non-hydrogen) atoms. The predicted molar refractivity (Wildman–Crippen MR) is 71.2 cm³/mol. The monoisotopic (exact) mass is 293 g/mol. The summed E-state index contributed by atoms with van der Waals surface area (Å²) >= 11 is 5.89. The van der Waals surface area contributed by atoms with Gasteiger partial charge in [0, 0.05) is 12.1 Å². The Kier molecular flexibility index (Phi) is 3.76. The van der Waals surface area contributed by atoms with E-state index in [0.717, 1.165) is 6.07 Å². The third-order valence-corrected chi connectivity index (χ3v) is 2.61. The van der Waals surface area contributed by atoms with Crippen LogP contribution in [0.2, 0.25) is 5.02 Å². The Hall–Kier alpha value is -2.74. The summed E-state index contributed by atoms with van der Waals surface area (Å²) in [7, 11) is 0. The lowest BCUT2D eigenvalue weighted by molar-refractivity contribution is -0.384. The number of nitrogen functional groups attached to an aromatic ring is 1. The van der Waals surface area contributed by atoms with Crippen LogP contribution in [0.5, 0.6) is 11.6 Å². The van der Waals surface area contributed by atoms with Crippen LogP contribution in [0.25, 0.3) is 0 Å². The normalized spacial score (nSPS) is 10.1. The molecule has 0 bridgehead atoms. The average Bonchev–Trinajstić information content (AvgIpc) is 2.41. The maximum atomic E-state index is 10.6. The zero-order chi connectivity index (χ0) is 14.7. The average molecular weight is 294 g/mol. The van der Waals surface area contributed by atoms with Gasteiger partial charge in [-0.2, -0.15) is 5.10 Å². The first-order chi connectivity index (χ1) is 9.49. The fraction of sp³-hybridized carbons (Fsp3) is 0. The van der Waals surface area contributed by atoms with E-state index >= 15 is 0 Å². The summed E-state index contributed by atoms with van der Waals surface area (Å²) in [6, 6.07) is 5.19. The molecule has 0 spiro atoms. The van der Waals surface area contributed by atoms with Gasteiger partial charge in [-0.15, -0.1) is 5.10 Å². The van der Waals surface area contributed by atoms with Crippen molar-refractivity contribution in [3.63, 3.8) is 0 Å². The summed E-state index contributed by atoms with van der Waals surface area (Å²) in [4.78, 5) is 10.0. The quantitative estimate of drug-likeness (QED) is 0.384. The van der Waals surface area contributed by atoms with Crippen molar-refractivity contribution in [2.75, 3.05) is 0 Å². The van der Waals surface area contributed by atoms with Crippen LogP contribution in [0, 0.1) is 15.5 Å². The fourth-order valence-corrected chi connectivity index (χ4v) is 1.60. The Morgan fingerprint density at radius 2 is 2.20 bits per heavy atom. The number of hydrogen-bond donors (Lipinski definition) is 2. The molecule has 3 N–H and O–H groups in total. The second-order valence-electron chi connectivity index (χ2n) is 3.64. The Bertz CT molecular complexity index is 692. The Labute approximate surface area is 117 Å². The van der Waals surface area contributed by atoms with Gasteiger partial charge in [-0.25, -0.2) is 0 Å². The first-order valence-corrected chi connectivity index (χ1v) is 5.64. The maximum absolute atomic E-state index is 10.6. The molecule has 0 saturated carbocycles. The van der Waals surface area contributed by atoms with Gasteiger partial charge in [0.1, 0.15) is 11.6 Å². The number of rotatable bonds is 4. The lowest BCUT2D eigenvalue weighted by Crippen LogP contribution is -2.13. The number of non-ortho nitro benzene ring substituents is 1. The Morgan fingerprint density at radius 1 is 1.45 bits per heavy atom. The molecule has 0 aliphatic carbocycles. The van der Waals surface area contributed by atoms with Gasteiger partial charge in [-0.3, -0.25) is 15.5 Å². The van der Waals surface area contributed by atoms with Crippen LogP contribution in [0.15, 0.2) is 30.5 Å². The molecule has 1 heterocycles. The number of aromatic nitrogens is 2. The lowest BCUT2D eigenvalue weighted by atomic mass is 10.2. The van der Waals surface area contributed by atoms with Crippen molar-refractivity contribution in [1.29, 1.82) is 5.41 Å². The second-order valence-corrected chi connectivity index (χ2v) is 4.04. The van der Waals surface area contributed by atoms with Crippen molar-refractivity contribution >= 4 is 23.1 Å². The SMILES string of the molecule is N=C(N)c1ccnnc1Oc1ccc([N+](=O)[O-])cc1Cl. The summed E-state index contributed by atoms with van der Waals surface area (Å²) in [6.07, 6.45) is 1.36. The molecule has 0 fully saturated rings. The highest BCUT2D eigenvalue weighted by molar-refractivity contribution is 6.32. The minimum absolute atomic E-state index is 0.00393. The number of nitro groups is 1. The summed E-state index contributed by atoms with van der Waals surface area (Å²) in [5.74, 6) is -0.0936. The number of nitrogens with one attached hydrogen (secondary N) is 1. The van der Waals surface area contributed by atoms with Crippen molar-refractivity contribution in [1.82, 2.24) is 10.2 Å². The minimum Gasteiger partial charge on any atom is -0.435 e. The molecule has 102 valence electrons. The lowest BCUT2D eigenvalue weighted by Gasteiger charge is -2.08. The third kappa shape index (κ3) is 2.81. The highest BCUT2D eigenvalue weighted by atomic mass is 35.5. The molecule has 0 atom stereocenters. The van der Waals surface area contributed by atoms with Crippen LogP contribution in [-0.2, 0) is 0 Å². The molecular weight excluding hydrogens is 286 g/mol. The Balaban J connectivity index is 2.36. The van der Waals surface area contributed by atoms with Crippen molar-refractivity contribution in [3.05, 3.63) is 51.2 Å². The van der Waals surface area contributed by atoms with E-state index in [1.807, 2.05) is 0 Å². The van der Waals surface area contributed by atoms with E-state index in [1.54, 1.807) is 0 Å². The van der Waals surface area contributed by atoms with Gasteiger partial charge in [-0.1, -0.05) is 11.6 Å². The molecule has 2 rings (SSSR count). The first kappa shape index (κ1) is 13.7. The van der Waals surface area contributed by atoms with E-state index in [4.69, 9.17) is 27.5 Å². The van der Waals surface area contributed by atoms with E-state index in [-0.39, 0.29) is 33.7 Å². The minimum atomic E-state index is -0.570. The van der Waals surface area contributed by atoms with Crippen molar-refractivity contribution in [2.24, 2.45) is 5.73 Å². The number of hydrogen-bond acceptors (Lipinski definition) is 6. The first-order valence-electron chi connectivity index (χ1n) is 5.27. The molecule has 0 aliphatic rings. The molecule has 0 amide bonds. The zero-order valence-corrected chi connectivity index (χ0v) is 10.7. The van der Waals surface area contributed by atoms with Gasteiger partial charge in [0.25, 0.3) is 5.69 Å². The van der Waals surface area contributed by atoms with Crippen LogP contribution < -0.4 is 10.5 Å². The van der Waals surface area contributed by atoms with Crippen LogP contribution in [0.4, 0.5) is 5.69 Å². The van der Waals surface area contributed by atoms with Gasteiger partial charge in [0.05, 0.1) is 21.7 Å². The molecule has 8 nitrogen and oxygen atoms in total. The van der Waals surface area contributed by atoms with E-state index in [0.29, 0.717) is 0 Å². The van der Waals surface area contributed by atoms with E-state index in [9.17, 15) is 10.1 Å².